The molecule has 1 rings (SSSR count). The van der Waals surface area contributed by atoms with Crippen LogP contribution in [0.4, 0.5) is 17.6 Å². The van der Waals surface area contributed by atoms with Gasteiger partial charge in [-0.25, -0.2) is 4.39 Å². The van der Waals surface area contributed by atoms with Gasteiger partial charge in [-0.3, -0.25) is 0 Å². The van der Waals surface area contributed by atoms with Gasteiger partial charge in [-0.15, -0.1) is 0 Å². The van der Waals surface area contributed by atoms with Gasteiger partial charge in [-0.05, 0) is 17.7 Å². The minimum absolute atomic E-state index is 0.364. The highest BCUT2D eigenvalue weighted by molar-refractivity contribution is 9.10. The van der Waals surface area contributed by atoms with Crippen molar-refractivity contribution in [1.29, 1.82) is 5.26 Å². The molecular formula is C9H4BrF4N. The SMILES string of the molecule is N#CCc1cc(F)cc(Br)c1C(F)(F)F. The summed E-state index contributed by atoms with van der Waals surface area (Å²) in [6.45, 7) is 0. The summed E-state index contributed by atoms with van der Waals surface area (Å²) in [6.07, 6.45) is -5.08. The van der Waals surface area contributed by atoms with Gasteiger partial charge in [0.25, 0.3) is 0 Å². The maximum absolute atomic E-state index is 12.8. The summed E-state index contributed by atoms with van der Waals surface area (Å²) in [5.74, 6) is -0.805. The molecule has 0 bridgehead atoms. The molecule has 0 aliphatic heterocycles. The lowest BCUT2D eigenvalue weighted by Crippen LogP contribution is -2.10. The Morgan fingerprint density at radius 3 is 2.40 bits per heavy atom. The molecule has 0 atom stereocenters. The first-order chi connectivity index (χ1) is 6.86. The van der Waals surface area contributed by atoms with Gasteiger partial charge in [-0.2, -0.15) is 18.4 Å². The fraction of sp³-hybridized carbons (Fsp3) is 0.222. The largest absolute Gasteiger partial charge is 0.417 e. The number of benzene rings is 1. The van der Waals surface area contributed by atoms with Crippen LogP contribution in [0.25, 0.3) is 0 Å². The molecule has 0 aromatic heterocycles. The molecule has 0 heterocycles. The minimum atomic E-state index is -4.60. The standard InChI is InChI=1S/C9H4BrF4N/c10-7-4-6(11)3-5(1-2-15)8(7)9(12,13)14/h3-4H,1H2. The summed E-state index contributed by atoms with van der Waals surface area (Å²) in [5, 5.41) is 8.34. The third-order valence-corrected chi connectivity index (χ3v) is 2.32. The van der Waals surface area contributed by atoms with Gasteiger partial charge >= 0.3 is 6.18 Å². The van der Waals surface area contributed by atoms with Crippen molar-refractivity contribution in [1.82, 2.24) is 0 Å². The molecule has 0 unspecified atom stereocenters. The number of hydrogen-bond acceptors (Lipinski definition) is 1. The van der Waals surface area contributed by atoms with Crippen molar-refractivity contribution in [2.24, 2.45) is 0 Å². The van der Waals surface area contributed by atoms with Crippen LogP contribution >= 0.6 is 15.9 Å². The Kier molecular flexibility index (Phi) is 3.35. The molecular weight excluding hydrogens is 278 g/mol. The van der Waals surface area contributed by atoms with Crippen LogP contribution in [0.15, 0.2) is 16.6 Å². The van der Waals surface area contributed by atoms with Crippen molar-refractivity contribution in [3.05, 3.63) is 33.5 Å². The molecule has 80 valence electrons. The first kappa shape index (κ1) is 12.0. The van der Waals surface area contributed by atoms with Crippen LogP contribution in [0.3, 0.4) is 0 Å². The van der Waals surface area contributed by atoms with Gasteiger partial charge in [-0.1, -0.05) is 15.9 Å². The summed E-state index contributed by atoms with van der Waals surface area (Å²) in [5.41, 5.74) is -1.36. The number of hydrogen-bond donors (Lipinski definition) is 0. The van der Waals surface area contributed by atoms with E-state index in [-0.39, 0.29) is 10.0 Å². The Bertz CT molecular complexity index is 419. The highest BCUT2D eigenvalue weighted by Crippen LogP contribution is 2.38. The van der Waals surface area contributed by atoms with E-state index in [9.17, 15) is 17.6 Å². The molecule has 0 fully saturated rings. The maximum Gasteiger partial charge on any atom is 0.417 e. The predicted molar refractivity (Wildman–Crippen MR) is 48.4 cm³/mol. The van der Waals surface area contributed by atoms with Gasteiger partial charge < -0.3 is 0 Å². The van der Waals surface area contributed by atoms with Crippen LogP contribution < -0.4 is 0 Å². The molecule has 1 aromatic rings. The molecule has 1 aromatic carbocycles. The molecule has 0 saturated carbocycles. The van der Waals surface area contributed by atoms with Crippen molar-refractivity contribution >= 4 is 15.9 Å². The predicted octanol–water partition coefficient (Wildman–Crippen LogP) is 3.67. The Morgan fingerprint density at radius 1 is 1.33 bits per heavy atom. The second-order valence-corrected chi connectivity index (χ2v) is 3.61. The van der Waals surface area contributed by atoms with Gasteiger partial charge in [0.05, 0.1) is 18.1 Å². The summed E-state index contributed by atoms with van der Waals surface area (Å²) >= 11 is 2.63. The zero-order chi connectivity index (χ0) is 11.6. The summed E-state index contributed by atoms with van der Waals surface area (Å²) in [6, 6.07) is 3.01. The monoisotopic (exact) mass is 281 g/mol. The summed E-state index contributed by atoms with van der Waals surface area (Å²) < 4.78 is 49.9. The molecule has 0 amide bonds. The lowest BCUT2D eigenvalue weighted by molar-refractivity contribution is -0.138. The molecule has 0 N–H and O–H groups in total. The maximum atomic E-state index is 12.8. The number of nitrogens with zero attached hydrogens (tertiary/aromatic N) is 1. The zero-order valence-corrected chi connectivity index (χ0v) is 8.78. The van der Waals surface area contributed by atoms with E-state index in [1.807, 2.05) is 0 Å². The zero-order valence-electron chi connectivity index (χ0n) is 7.20. The molecule has 0 aliphatic rings. The van der Waals surface area contributed by atoms with E-state index in [1.54, 1.807) is 6.07 Å². The number of rotatable bonds is 1. The number of nitriles is 1. The number of alkyl halides is 3. The van der Waals surface area contributed by atoms with Crippen LogP contribution in [-0.2, 0) is 12.6 Å². The average molecular weight is 282 g/mol. The Labute approximate surface area is 91.4 Å². The highest BCUT2D eigenvalue weighted by atomic mass is 79.9. The second-order valence-electron chi connectivity index (χ2n) is 2.75. The third kappa shape index (κ3) is 2.69. The lowest BCUT2D eigenvalue weighted by atomic mass is 10.0. The molecule has 6 heteroatoms. The van der Waals surface area contributed by atoms with Crippen molar-refractivity contribution in [2.75, 3.05) is 0 Å². The van der Waals surface area contributed by atoms with E-state index in [4.69, 9.17) is 5.26 Å². The molecule has 0 spiro atoms. The van der Waals surface area contributed by atoms with Crippen LogP contribution in [0.2, 0.25) is 0 Å². The molecule has 0 radical (unpaired) electrons. The van der Waals surface area contributed by atoms with E-state index in [2.05, 4.69) is 15.9 Å². The van der Waals surface area contributed by atoms with Gasteiger partial charge in [0, 0.05) is 4.47 Å². The minimum Gasteiger partial charge on any atom is -0.207 e. The molecule has 1 nitrogen and oxygen atoms in total. The van der Waals surface area contributed by atoms with E-state index >= 15 is 0 Å². The van der Waals surface area contributed by atoms with Crippen molar-refractivity contribution in [3.8, 4) is 6.07 Å². The second kappa shape index (κ2) is 4.19. The van der Waals surface area contributed by atoms with E-state index < -0.39 is 24.0 Å². The summed E-state index contributed by atoms with van der Waals surface area (Å²) in [7, 11) is 0. The lowest BCUT2D eigenvalue weighted by Gasteiger charge is -2.13. The first-order valence-corrected chi connectivity index (χ1v) is 4.57. The average Bonchev–Trinajstić information content (AvgIpc) is 1.99. The topological polar surface area (TPSA) is 23.8 Å². The highest BCUT2D eigenvalue weighted by Gasteiger charge is 2.35. The van der Waals surface area contributed by atoms with Crippen molar-refractivity contribution in [3.63, 3.8) is 0 Å². The smallest absolute Gasteiger partial charge is 0.207 e. The van der Waals surface area contributed by atoms with E-state index in [0.717, 1.165) is 12.1 Å². The van der Waals surface area contributed by atoms with Crippen molar-refractivity contribution in [2.45, 2.75) is 12.6 Å². The van der Waals surface area contributed by atoms with Gasteiger partial charge in [0.2, 0.25) is 0 Å². The Balaban J connectivity index is 3.42. The quantitative estimate of drug-likeness (QED) is 0.721. The van der Waals surface area contributed by atoms with E-state index in [0.29, 0.717) is 0 Å². The third-order valence-electron chi connectivity index (χ3n) is 1.69. The van der Waals surface area contributed by atoms with Gasteiger partial charge in [0.15, 0.2) is 0 Å². The van der Waals surface area contributed by atoms with Crippen LogP contribution in [0.1, 0.15) is 11.1 Å². The van der Waals surface area contributed by atoms with Crippen LogP contribution in [-0.4, -0.2) is 0 Å². The van der Waals surface area contributed by atoms with Crippen LogP contribution in [0, 0.1) is 17.1 Å². The van der Waals surface area contributed by atoms with Crippen molar-refractivity contribution < 1.29 is 17.6 Å². The Morgan fingerprint density at radius 2 is 1.93 bits per heavy atom. The Hall–Kier alpha value is -1.09. The fourth-order valence-corrected chi connectivity index (χ4v) is 1.87. The summed E-state index contributed by atoms with van der Waals surface area (Å²) in [4.78, 5) is 0. The molecule has 0 saturated heterocycles. The fourth-order valence-electron chi connectivity index (χ4n) is 1.17. The van der Waals surface area contributed by atoms with E-state index in [1.165, 1.54) is 0 Å². The normalized spacial score (nSPS) is 11.2. The first-order valence-electron chi connectivity index (χ1n) is 3.78. The number of halogens is 5. The van der Waals surface area contributed by atoms with Gasteiger partial charge in [0.1, 0.15) is 5.82 Å². The van der Waals surface area contributed by atoms with Crippen LogP contribution in [0.5, 0.6) is 0 Å². The molecule has 15 heavy (non-hydrogen) atoms. The molecule has 0 aliphatic carbocycles.